The summed E-state index contributed by atoms with van der Waals surface area (Å²) in [4.78, 5) is 45.1. The molecule has 240 valence electrons. The van der Waals surface area contributed by atoms with E-state index in [2.05, 4.69) is 31.2 Å². The van der Waals surface area contributed by atoms with Gasteiger partial charge < -0.3 is 21.3 Å². The Balaban J connectivity index is 1.22. The number of nitrogens with zero attached hydrogens (tertiary/aromatic N) is 3. The molecule has 5 heterocycles. The number of aromatic nitrogens is 3. The first-order valence-corrected chi connectivity index (χ1v) is 17.3. The van der Waals surface area contributed by atoms with Crippen molar-refractivity contribution in [3.05, 3.63) is 81.4 Å². The Labute approximate surface area is 270 Å². The first-order chi connectivity index (χ1) is 22.1. The smallest absolute Gasteiger partial charge is 0.262 e. The highest BCUT2D eigenvalue weighted by Gasteiger charge is 2.23. The molecule has 0 unspecified atom stereocenters. The lowest BCUT2D eigenvalue weighted by Crippen LogP contribution is -2.36. The number of carbonyl (C=O) groups is 2. The summed E-state index contributed by atoms with van der Waals surface area (Å²) in [5.41, 5.74) is 3.64. The van der Waals surface area contributed by atoms with Crippen molar-refractivity contribution >= 4 is 38.9 Å². The average molecular weight is 664 g/mol. The van der Waals surface area contributed by atoms with Crippen molar-refractivity contribution in [2.24, 2.45) is 0 Å². The van der Waals surface area contributed by atoms with Crippen LogP contribution in [0.2, 0.25) is 5.02 Å². The van der Waals surface area contributed by atoms with Crippen molar-refractivity contribution in [1.82, 2.24) is 35.6 Å². The fourth-order valence-electron chi connectivity index (χ4n) is 5.85. The number of rotatable bonds is 11. The van der Waals surface area contributed by atoms with E-state index in [-0.39, 0.29) is 41.0 Å². The van der Waals surface area contributed by atoms with Crippen LogP contribution in [0.25, 0.3) is 28.0 Å². The minimum atomic E-state index is -3.67. The lowest BCUT2D eigenvalue weighted by Gasteiger charge is -2.15. The SMILES string of the molecule is CS(=O)(=O)c1nc(-c2cccc(-c3ccn4c(=O)c(CNC[C@@H]5CCC(=O)N5)cnc4c3)c2Cl)ccc1CNC[C@@H]1CCC(=O)N1. The quantitative estimate of drug-likeness (QED) is 0.188. The molecular weight excluding hydrogens is 630 g/mol. The first-order valence-electron chi connectivity index (χ1n) is 15.1. The van der Waals surface area contributed by atoms with E-state index in [4.69, 9.17) is 11.6 Å². The molecule has 14 heteroatoms. The Kier molecular flexibility index (Phi) is 9.18. The molecule has 2 aliphatic heterocycles. The summed E-state index contributed by atoms with van der Waals surface area (Å²) < 4.78 is 27.0. The number of hydrogen-bond acceptors (Lipinski definition) is 9. The number of fused-ring (bicyclic) bond motifs is 1. The van der Waals surface area contributed by atoms with Gasteiger partial charge in [0.15, 0.2) is 14.9 Å². The predicted molar refractivity (Wildman–Crippen MR) is 174 cm³/mol. The number of pyridine rings is 2. The highest BCUT2D eigenvalue weighted by molar-refractivity contribution is 7.90. The lowest BCUT2D eigenvalue weighted by atomic mass is 10.0. The lowest BCUT2D eigenvalue weighted by molar-refractivity contribution is -0.120. The Bertz CT molecular complexity index is 2000. The van der Waals surface area contributed by atoms with Gasteiger partial charge in [-0.2, -0.15) is 0 Å². The standard InChI is InChI=1S/C32H34ClN7O5S/c1-46(44,45)31-20(14-34-17-22-6-9-28(41)37-22)5-8-26(39-31)25-4-2-3-24(30(25)33)19-11-12-40-27(13-19)36-16-21(32(40)43)15-35-18-23-7-10-29(42)38-23/h2-5,8,11-13,16,22-23,34-35H,6-7,9-10,14-15,17-18H2,1H3,(H,37,41)(H,38,42)/t22-,23-/m0/s1. The van der Waals surface area contributed by atoms with Gasteiger partial charge in [-0.05, 0) is 36.6 Å². The van der Waals surface area contributed by atoms with E-state index in [1.165, 1.54) is 4.40 Å². The number of hydrogen-bond donors (Lipinski definition) is 4. The highest BCUT2D eigenvalue weighted by atomic mass is 35.5. The number of carbonyl (C=O) groups excluding carboxylic acids is 2. The van der Waals surface area contributed by atoms with E-state index in [1.807, 2.05) is 12.1 Å². The molecule has 1 aromatic carbocycles. The van der Waals surface area contributed by atoms with Gasteiger partial charge in [-0.15, -0.1) is 0 Å². The van der Waals surface area contributed by atoms with E-state index >= 15 is 0 Å². The van der Waals surface area contributed by atoms with Crippen LogP contribution in [-0.2, 0) is 32.5 Å². The largest absolute Gasteiger partial charge is 0.352 e. The Morgan fingerprint density at radius 3 is 2.20 bits per heavy atom. The normalized spacial score (nSPS) is 18.2. The van der Waals surface area contributed by atoms with Crippen LogP contribution in [-0.4, -0.2) is 66.0 Å². The van der Waals surface area contributed by atoms with Crippen LogP contribution >= 0.6 is 11.6 Å². The van der Waals surface area contributed by atoms with Gasteiger partial charge in [0.25, 0.3) is 5.56 Å². The van der Waals surface area contributed by atoms with E-state index in [0.29, 0.717) is 71.1 Å². The Morgan fingerprint density at radius 2 is 1.57 bits per heavy atom. The van der Waals surface area contributed by atoms with E-state index in [9.17, 15) is 22.8 Å². The van der Waals surface area contributed by atoms with Gasteiger partial charge >= 0.3 is 0 Å². The average Bonchev–Trinajstić information content (AvgIpc) is 3.65. The molecular formula is C32H34ClN7O5S. The molecule has 4 aromatic rings. The van der Waals surface area contributed by atoms with Crippen molar-refractivity contribution in [3.63, 3.8) is 0 Å². The number of nitrogens with one attached hydrogen (secondary N) is 4. The molecule has 0 bridgehead atoms. The van der Waals surface area contributed by atoms with Gasteiger partial charge in [-0.1, -0.05) is 35.9 Å². The van der Waals surface area contributed by atoms with Crippen LogP contribution in [0.5, 0.6) is 0 Å². The molecule has 3 aromatic heterocycles. The van der Waals surface area contributed by atoms with Crippen LogP contribution in [0.3, 0.4) is 0 Å². The first kappa shape index (κ1) is 31.8. The summed E-state index contributed by atoms with van der Waals surface area (Å²) in [5, 5.41) is 12.6. The summed E-state index contributed by atoms with van der Waals surface area (Å²) in [6.45, 7) is 1.70. The zero-order valence-corrected chi connectivity index (χ0v) is 26.7. The van der Waals surface area contributed by atoms with E-state index in [0.717, 1.165) is 24.7 Å². The van der Waals surface area contributed by atoms with Crippen molar-refractivity contribution in [2.45, 2.75) is 55.9 Å². The molecule has 2 fully saturated rings. The van der Waals surface area contributed by atoms with Crippen LogP contribution < -0.4 is 26.8 Å². The molecule has 12 nitrogen and oxygen atoms in total. The predicted octanol–water partition coefficient (Wildman–Crippen LogP) is 2.22. The number of amides is 2. The van der Waals surface area contributed by atoms with Crippen LogP contribution in [0.1, 0.15) is 36.8 Å². The van der Waals surface area contributed by atoms with Gasteiger partial charge in [0.05, 0.1) is 10.7 Å². The molecule has 0 aliphatic carbocycles. The van der Waals surface area contributed by atoms with Gasteiger partial charge in [-0.25, -0.2) is 18.4 Å². The minimum Gasteiger partial charge on any atom is -0.352 e. The molecule has 6 rings (SSSR count). The summed E-state index contributed by atoms with van der Waals surface area (Å²) in [7, 11) is -3.67. The third-order valence-electron chi connectivity index (χ3n) is 8.24. The maximum absolute atomic E-state index is 13.2. The fraction of sp³-hybridized carbons (Fsp3) is 0.344. The topological polar surface area (TPSA) is 164 Å². The van der Waals surface area contributed by atoms with Gasteiger partial charge in [-0.3, -0.25) is 18.8 Å². The summed E-state index contributed by atoms with van der Waals surface area (Å²) in [6.07, 6.45) is 6.86. The van der Waals surface area contributed by atoms with Crippen molar-refractivity contribution < 1.29 is 18.0 Å². The summed E-state index contributed by atoms with van der Waals surface area (Å²) in [6, 6.07) is 12.5. The molecule has 0 saturated carbocycles. The van der Waals surface area contributed by atoms with Crippen LogP contribution in [0.15, 0.2) is 64.7 Å². The van der Waals surface area contributed by atoms with E-state index < -0.39 is 9.84 Å². The molecule has 46 heavy (non-hydrogen) atoms. The molecule has 0 spiro atoms. The number of halogens is 1. The summed E-state index contributed by atoms with van der Waals surface area (Å²) in [5.74, 6) is 0.0685. The van der Waals surface area contributed by atoms with E-state index in [1.54, 1.807) is 42.7 Å². The monoisotopic (exact) mass is 663 g/mol. The summed E-state index contributed by atoms with van der Waals surface area (Å²) >= 11 is 6.92. The molecule has 0 radical (unpaired) electrons. The maximum Gasteiger partial charge on any atom is 0.262 e. The van der Waals surface area contributed by atoms with Gasteiger partial charge in [0.2, 0.25) is 11.8 Å². The number of sulfone groups is 1. The van der Waals surface area contributed by atoms with Crippen LogP contribution in [0, 0.1) is 0 Å². The Hall–Kier alpha value is -4.17. The molecule has 2 atom stereocenters. The molecule has 4 N–H and O–H groups in total. The maximum atomic E-state index is 13.2. The van der Waals surface area contributed by atoms with Crippen molar-refractivity contribution in [1.29, 1.82) is 0 Å². The van der Waals surface area contributed by atoms with Crippen LogP contribution in [0.4, 0.5) is 0 Å². The molecule has 2 amide bonds. The third kappa shape index (κ3) is 6.97. The third-order valence-corrected chi connectivity index (χ3v) is 9.70. The molecule has 2 saturated heterocycles. The second-order valence-corrected chi connectivity index (χ2v) is 14.0. The van der Waals surface area contributed by atoms with Gasteiger partial charge in [0, 0.05) is 92.0 Å². The van der Waals surface area contributed by atoms with Crippen molar-refractivity contribution in [2.75, 3.05) is 19.3 Å². The minimum absolute atomic E-state index is 0.0176. The van der Waals surface area contributed by atoms with Gasteiger partial charge in [0.1, 0.15) is 5.65 Å². The zero-order valence-electron chi connectivity index (χ0n) is 25.2. The number of benzene rings is 1. The molecule has 2 aliphatic rings. The Morgan fingerprint density at radius 1 is 0.913 bits per heavy atom. The highest BCUT2D eigenvalue weighted by Crippen LogP contribution is 2.36. The second-order valence-electron chi connectivity index (χ2n) is 11.7. The zero-order chi connectivity index (χ0) is 32.4. The van der Waals surface area contributed by atoms with Crippen molar-refractivity contribution in [3.8, 4) is 22.4 Å². The second kappa shape index (κ2) is 13.3. The fourth-order valence-corrected chi connectivity index (χ4v) is 7.07.